The van der Waals surface area contributed by atoms with Crippen LogP contribution in [0.15, 0.2) is 29.8 Å². The minimum atomic E-state index is 0.190. The molecule has 1 nitrogen and oxygen atoms in total. The Bertz CT molecular complexity index is 521. The number of halogens is 1. The number of benzene rings is 1. The van der Waals surface area contributed by atoms with Gasteiger partial charge in [-0.15, -0.1) is 0 Å². The lowest BCUT2D eigenvalue weighted by atomic mass is 9.63. The molecule has 1 aromatic rings. The van der Waals surface area contributed by atoms with Crippen LogP contribution in [-0.2, 0) is 0 Å². The molecule has 0 aliphatic heterocycles. The topological polar surface area (TPSA) is 20.2 Å². The van der Waals surface area contributed by atoms with Crippen LogP contribution in [0.5, 0.6) is 0 Å². The van der Waals surface area contributed by atoms with Gasteiger partial charge in [0.15, 0.2) is 0 Å². The van der Waals surface area contributed by atoms with Crippen molar-refractivity contribution in [3.63, 3.8) is 0 Å². The Labute approximate surface area is 120 Å². The molecular weight excluding hydrogens is 256 g/mol. The van der Waals surface area contributed by atoms with Gasteiger partial charge in [0.2, 0.25) is 0 Å². The molecule has 0 bridgehead atoms. The van der Waals surface area contributed by atoms with Gasteiger partial charge < -0.3 is 5.11 Å². The number of hydrogen-bond donors (Lipinski definition) is 1. The molecule has 1 fully saturated rings. The van der Waals surface area contributed by atoms with Gasteiger partial charge >= 0.3 is 0 Å². The van der Waals surface area contributed by atoms with Gasteiger partial charge in [-0.2, -0.15) is 0 Å². The lowest BCUT2D eigenvalue weighted by molar-refractivity contribution is 0.171. The standard InChI is InChI=1S/C17H21ClO/c1-16(2)10-15(12-3-5-14(18)6-4-12)13(11-19)9-17(16)7-8-17/h3-6,19H,7-11H2,1-2H3. The molecule has 2 aliphatic carbocycles. The maximum Gasteiger partial charge on any atom is 0.0647 e. The zero-order valence-corrected chi connectivity index (χ0v) is 12.4. The van der Waals surface area contributed by atoms with Crippen molar-refractivity contribution >= 4 is 17.2 Å². The second-order valence-corrected chi connectivity index (χ2v) is 7.20. The van der Waals surface area contributed by atoms with Crippen molar-refractivity contribution in [2.45, 2.75) is 39.5 Å². The van der Waals surface area contributed by atoms with Gasteiger partial charge in [0, 0.05) is 5.02 Å². The zero-order valence-electron chi connectivity index (χ0n) is 11.7. The molecule has 0 saturated heterocycles. The number of hydrogen-bond acceptors (Lipinski definition) is 1. The highest BCUT2D eigenvalue weighted by Gasteiger charge is 2.56. The van der Waals surface area contributed by atoms with E-state index in [1.807, 2.05) is 12.1 Å². The molecule has 1 spiro atoms. The van der Waals surface area contributed by atoms with Crippen molar-refractivity contribution < 1.29 is 5.11 Å². The summed E-state index contributed by atoms with van der Waals surface area (Å²) in [7, 11) is 0. The average molecular weight is 277 g/mol. The van der Waals surface area contributed by atoms with Gasteiger partial charge in [-0.3, -0.25) is 0 Å². The van der Waals surface area contributed by atoms with Crippen molar-refractivity contribution in [2.75, 3.05) is 6.61 Å². The third-order valence-electron chi connectivity index (χ3n) is 5.27. The minimum Gasteiger partial charge on any atom is -0.392 e. The second-order valence-electron chi connectivity index (χ2n) is 6.76. The van der Waals surface area contributed by atoms with Crippen LogP contribution in [0.25, 0.3) is 5.57 Å². The van der Waals surface area contributed by atoms with E-state index in [4.69, 9.17) is 11.6 Å². The van der Waals surface area contributed by atoms with Crippen molar-refractivity contribution in [2.24, 2.45) is 10.8 Å². The average Bonchev–Trinajstić information content (AvgIpc) is 3.15. The SMILES string of the molecule is CC1(C)CC(c2ccc(Cl)cc2)=C(CO)CC12CC2. The molecule has 0 amide bonds. The molecule has 2 aliphatic rings. The van der Waals surface area contributed by atoms with E-state index >= 15 is 0 Å². The first kappa shape index (κ1) is 13.2. The molecule has 0 unspecified atom stereocenters. The minimum absolute atomic E-state index is 0.190. The molecule has 3 rings (SSSR count). The quantitative estimate of drug-likeness (QED) is 0.831. The number of aliphatic hydroxyl groups excluding tert-OH is 1. The maximum absolute atomic E-state index is 9.72. The Balaban J connectivity index is 2.02. The van der Waals surface area contributed by atoms with Crippen LogP contribution in [-0.4, -0.2) is 11.7 Å². The smallest absolute Gasteiger partial charge is 0.0647 e. The van der Waals surface area contributed by atoms with E-state index in [0.29, 0.717) is 10.8 Å². The molecule has 19 heavy (non-hydrogen) atoms. The van der Waals surface area contributed by atoms with E-state index in [1.165, 1.54) is 29.6 Å². The van der Waals surface area contributed by atoms with Gasteiger partial charge in [-0.1, -0.05) is 37.6 Å². The van der Waals surface area contributed by atoms with Crippen LogP contribution < -0.4 is 0 Å². The predicted molar refractivity (Wildman–Crippen MR) is 80.1 cm³/mol. The Morgan fingerprint density at radius 2 is 1.74 bits per heavy atom. The number of rotatable bonds is 2. The molecule has 0 radical (unpaired) electrons. The monoisotopic (exact) mass is 276 g/mol. The second kappa shape index (κ2) is 4.36. The molecule has 1 aromatic carbocycles. The largest absolute Gasteiger partial charge is 0.392 e. The third kappa shape index (κ3) is 2.13. The molecule has 102 valence electrons. The number of aliphatic hydroxyl groups is 1. The normalized spacial score (nSPS) is 23.8. The first-order valence-electron chi connectivity index (χ1n) is 7.05. The summed E-state index contributed by atoms with van der Waals surface area (Å²) in [4.78, 5) is 0. The lowest BCUT2D eigenvalue weighted by Crippen LogP contribution is -2.31. The zero-order chi connectivity index (χ0) is 13.7. The van der Waals surface area contributed by atoms with Crippen molar-refractivity contribution in [3.05, 3.63) is 40.4 Å². The van der Waals surface area contributed by atoms with Crippen LogP contribution >= 0.6 is 11.6 Å². The molecule has 0 heterocycles. The summed E-state index contributed by atoms with van der Waals surface area (Å²) in [5.74, 6) is 0. The third-order valence-corrected chi connectivity index (χ3v) is 5.52. The Morgan fingerprint density at radius 3 is 2.26 bits per heavy atom. The van der Waals surface area contributed by atoms with Crippen LogP contribution in [0.1, 0.15) is 45.1 Å². The van der Waals surface area contributed by atoms with E-state index in [1.54, 1.807) is 0 Å². The van der Waals surface area contributed by atoms with Crippen molar-refractivity contribution in [3.8, 4) is 0 Å². The fourth-order valence-electron chi connectivity index (χ4n) is 3.62. The molecule has 1 saturated carbocycles. The summed E-state index contributed by atoms with van der Waals surface area (Å²) >= 11 is 5.97. The summed E-state index contributed by atoms with van der Waals surface area (Å²) in [6.45, 7) is 4.95. The molecule has 0 atom stereocenters. The summed E-state index contributed by atoms with van der Waals surface area (Å²) < 4.78 is 0. The van der Waals surface area contributed by atoms with E-state index in [2.05, 4.69) is 26.0 Å². The number of allylic oxidation sites excluding steroid dienone is 1. The highest BCUT2D eigenvalue weighted by Crippen LogP contribution is 2.67. The van der Waals surface area contributed by atoms with Gasteiger partial charge in [-0.25, -0.2) is 0 Å². The molecule has 0 aromatic heterocycles. The van der Waals surface area contributed by atoms with Crippen molar-refractivity contribution in [1.82, 2.24) is 0 Å². The van der Waals surface area contributed by atoms with Gasteiger partial charge in [0.1, 0.15) is 0 Å². The van der Waals surface area contributed by atoms with Crippen LogP contribution in [0.2, 0.25) is 5.02 Å². The lowest BCUT2D eigenvalue weighted by Gasteiger charge is -2.41. The predicted octanol–water partition coefficient (Wildman–Crippen LogP) is 4.69. The molecule has 2 heteroatoms. The van der Waals surface area contributed by atoms with Crippen LogP contribution in [0.3, 0.4) is 0 Å². The van der Waals surface area contributed by atoms with Crippen LogP contribution in [0, 0.1) is 10.8 Å². The summed E-state index contributed by atoms with van der Waals surface area (Å²) in [6, 6.07) is 8.03. The summed E-state index contributed by atoms with van der Waals surface area (Å²) in [6.07, 6.45) is 4.76. The van der Waals surface area contributed by atoms with E-state index in [0.717, 1.165) is 17.9 Å². The van der Waals surface area contributed by atoms with Gasteiger partial charge in [0.05, 0.1) is 6.61 Å². The molecular formula is C17H21ClO. The van der Waals surface area contributed by atoms with Gasteiger partial charge in [-0.05, 0) is 65.4 Å². The van der Waals surface area contributed by atoms with Crippen molar-refractivity contribution in [1.29, 1.82) is 0 Å². The van der Waals surface area contributed by atoms with Gasteiger partial charge in [0.25, 0.3) is 0 Å². The Kier molecular flexibility index (Phi) is 3.03. The highest BCUT2D eigenvalue weighted by molar-refractivity contribution is 6.30. The summed E-state index contributed by atoms with van der Waals surface area (Å²) in [5.41, 5.74) is 4.58. The first-order chi connectivity index (χ1) is 8.97. The van der Waals surface area contributed by atoms with E-state index in [9.17, 15) is 5.11 Å². The molecule has 1 N–H and O–H groups in total. The van der Waals surface area contributed by atoms with E-state index in [-0.39, 0.29) is 6.61 Å². The first-order valence-corrected chi connectivity index (χ1v) is 7.43. The van der Waals surface area contributed by atoms with E-state index < -0.39 is 0 Å². The fourth-order valence-corrected chi connectivity index (χ4v) is 3.75. The highest BCUT2D eigenvalue weighted by atomic mass is 35.5. The summed E-state index contributed by atoms with van der Waals surface area (Å²) in [5, 5.41) is 10.5. The fraction of sp³-hybridized carbons (Fsp3) is 0.529. The Morgan fingerprint density at radius 1 is 1.11 bits per heavy atom. The van der Waals surface area contributed by atoms with Crippen LogP contribution in [0.4, 0.5) is 0 Å². The Hall–Kier alpha value is -0.790. The maximum atomic E-state index is 9.72.